The van der Waals surface area contributed by atoms with Crippen molar-refractivity contribution in [3.05, 3.63) is 42.1 Å². The summed E-state index contributed by atoms with van der Waals surface area (Å²) in [6.07, 6.45) is -0.425. The van der Waals surface area contributed by atoms with E-state index in [1.807, 2.05) is 13.0 Å². The third-order valence-corrected chi connectivity index (χ3v) is 13.7. The van der Waals surface area contributed by atoms with Crippen molar-refractivity contribution in [1.29, 1.82) is 0 Å². The number of methoxy groups -OCH3 is 1. The molecular weight excluding hydrogens is 816 g/mol. The Labute approximate surface area is 345 Å². The number of ether oxygens (including phenoxy) is 3. The highest BCUT2D eigenvalue weighted by Gasteiger charge is 2.62. The lowest BCUT2D eigenvalue weighted by atomic mass is 9.85. The number of aromatic carboxylic acids is 1. The molecule has 0 radical (unpaired) electrons. The molecule has 3 fully saturated rings. The molecule has 1 aromatic carbocycles. The topological polar surface area (TPSA) is 220 Å². The molecule has 0 bridgehead atoms. The highest BCUT2D eigenvalue weighted by atomic mass is 32.2. The first-order chi connectivity index (χ1) is 28.1. The number of alkyl halides is 3. The largest absolute Gasteiger partial charge is 0.497 e. The number of carbonyl (C=O) groups is 5. The summed E-state index contributed by atoms with van der Waals surface area (Å²) in [5.74, 6) is -4.87. The Kier molecular flexibility index (Phi) is 12.4. The van der Waals surface area contributed by atoms with Crippen LogP contribution >= 0.6 is 0 Å². The minimum absolute atomic E-state index is 0.0420. The molecule has 3 heterocycles. The summed E-state index contributed by atoms with van der Waals surface area (Å²) in [6.45, 7) is 4.71. The first-order valence-electron chi connectivity index (χ1n) is 19.9. The molecule has 2 saturated carbocycles. The van der Waals surface area contributed by atoms with Gasteiger partial charge >= 0.3 is 18.2 Å². The lowest BCUT2D eigenvalue weighted by Gasteiger charge is -2.35. The molecular formula is C40H50F3N5O11S. The zero-order valence-corrected chi connectivity index (χ0v) is 34.7. The SMILES string of the molecule is CC[C@@H]1C[C@H](C)CCC=C[C@@H]2C[C@@]2(C(=O)NS(=O)(=O)C2CC2)NC(=O)[C@@H]2C[C@@H](Oc3ncc(C(=O)O)c4cc(OC)ccc34)CN2C(=O)[C@H]1NC(=O)OC(C)(C)C(F)(F)F. The maximum Gasteiger partial charge on any atom is 0.427 e. The molecule has 7 atom stereocenters. The number of halogens is 3. The molecule has 1 saturated heterocycles. The number of allylic oxidation sites excluding steroid dienone is 1. The van der Waals surface area contributed by atoms with Crippen molar-refractivity contribution in [2.75, 3.05) is 13.7 Å². The van der Waals surface area contributed by atoms with Crippen LogP contribution in [0, 0.1) is 17.8 Å². The molecule has 2 aromatic rings. The Balaban J connectivity index is 1.39. The first-order valence-corrected chi connectivity index (χ1v) is 21.4. The van der Waals surface area contributed by atoms with Gasteiger partial charge in [-0.25, -0.2) is 23.0 Å². The first kappa shape index (κ1) is 44.4. The summed E-state index contributed by atoms with van der Waals surface area (Å²) in [5, 5.41) is 14.8. The second kappa shape index (κ2) is 16.7. The van der Waals surface area contributed by atoms with Gasteiger partial charge in [0.25, 0.3) is 5.91 Å². The highest BCUT2D eigenvalue weighted by Crippen LogP contribution is 2.46. The third kappa shape index (κ3) is 9.27. The number of nitrogens with one attached hydrogen (secondary N) is 3. The Bertz CT molecular complexity index is 2180. The Morgan fingerprint density at radius 3 is 2.45 bits per heavy atom. The van der Waals surface area contributed by atoms with Crippen LogP contribution in [0.5, 0.6) is 11.6 Å². The predicted octanol–water partition coefficient (Wildman–Crippen LogP) is 4.61. The van der Waals surface area contributed by atoms with Crippen molar-refractivity contribution in [3.63, 3.8) is 0 Å². The van der Waals surface area contributed by atoms with Crippen LogP contribution < -0.4 is 24.8 Å². The van der Waals surface area contributed by atoms with E-state index in [0.717, 1.165) is 11.1 Å². The van der Waals surface area contributed by atoms with Gasteiger partial charge in [-0.1, -0.05) is 32.4 Å². The van der Waals surface area contributed by atoms with Gasteiger partial charge in [0.1, 0.15) is 29.5 Å². The molecule has 6 rings (SSSR count). The average Bonchev–Trinajstić information content (AvgIpc) is 4.10. The number of rotatable bonds is 10. The fraction of sp³-hybridized carbons (Fsp3) is 0.600. The number of pyridine rings is 1. The van der Waals surface area contributed by atoms with Crippen LogP contribution in [0.2, 0.25) is 0 Å². The number of sulfonamides is 1. The lowest BCUT2D eigenvalue weighted by Crippen LogP contribution is -2.59. The minimum atomic E-state index is -4.95. The second-order valence-corrected chi connectivity index (χ2v) is 18.6. The maximum atomic E-state index is 14.9. The van der Waals surface area contributed by atoms with Gasteiger partial charge in [-0.15, -0.1) is 0 Å². The number of nitrogens with zero attached hydrogens (tertiary/aromatic N) is 2. The van der Waals surface area contributed by atoms with Gasteiger partial charge in [0.15, 0.2) is 0 Å². The van der Waals surface area contributed by atoms with Crippen LogP contribution in [0.1, 0.15) is 89.4 Å². The molecule has 60 heavy (non-hydrogen) atoms. The van der Waals surface area contributed by atoms with E-state index >= 15 is 0 Å². The van der Waals surface area contributed by atoms with Gasteiger partial charge in [-0.05, 0) is 82.4 Å². The number of alkyl carbamates (subject to hydrolysis) is 1. The molecule has 4 N–H and O–H groups in total. The molecule has 16 nitrogen and oxygen atoms in total. The van der Waals surface area contributed by atoms with E-state index in [9.17, 15) is 50.7 Å². The number of amides is 4. The van der Waals surface area contributed by atoms with Crippen molar-refractivity contribution >= 4 is 50.6 Å². The van der Waals surface area contributed by atoms with Gasteiger partial charge in [0.2, 0.25) is 33.3 Å². The second-order valence-electron chi connectivity index (χ2n) is 16.7. The summed E-state index contributed by atoms with van der Waals surface area (Å²) >= 11 is 0. The lowest BCUT2D eigenvalue weighted by molar-refractivity contribution is -0.244. The van der Waals surface area contributed by atoms with Gasteiger partial charge < -0.3 is 34.9 Å². The van der Waals surface area contributed by atoms with Gasteiger partial charge in [-0.2, -0.15) is 13.2 Å². The van der Waals surface area contributed by atoms with Gasteiger partial charge in [0, 0.05) is 29.3 Å². The third-order valence-electron chi connectivity index (χ3n) is 11.8. The summed E-state index contributed by atoms with van der Waals surface area (Å²) in [5.41, 5.74) is -4.76. The molecule has 2 aliphatic heterocycles. The normalized spacial score (nSPS) is 27.7. The number of hydrogen-bond donors (Lipinski definition) is 4. The summed E-state index contributed by atoms with van der Waals surface area (Å²) in [6, 6.07) is 1.69. The van der Waals surface area contributed by atoms with Crippen molar-refractivity contribution < 1.29 is 64.9 Å². The molecule has 1 aromatic heterocycles. The molecule has 0 unspecified atom stereocenters. The minimum Gasteiger partial charge on any atom is -0.497 e. The molecule has 20 heteroatoms. The molecule has 328 valence electrons. The van der Waals surface area contributed by atoms with Gasteiger partial charge in [0.05, 0.1) is 24.5 Å². The van der Waals surface area contributed by atoms with E-state index in [1.54, 1.807) is 19.1 Å². The van der Waals surface area contributed by atoms with Crippen molar-refractivity contribution in [3.8, 4) is 11.6 Å². The maximum absolute atomic E-state index is 14.9. The number of fused-ring (bicyclic) bond motifs is 3. The van der Waals surface area contributed by atoms with E-state index in [-0.39, 0.29) is 47.5 Å². The van der Waals surface area contributed by atoms with Crippen LogP contribution in [-0.2, 0) is 29.1 Å². The number of carbonyl (C=O) groups excluding carboxylic acids is 4. The quantitative estimate of drug-likeness (QED) is 0.241. The van der Waals surface area contributed by atoms with E-state index in [1.165, 1.54) is 19.2 Å². The number of aromatic nitrogens is 1. The zero-order valence-electron chi connectivity index (χ0n) is 33.8. The van der Waals surface area contributed by atoms with E-state index < -0.39 is 92.4 Å². The van der Waals surface area contributed by atoms with Crippen LogP contribution in [0.15, 0.2) is 36.5 Å². The fourth-order valence-corrected chi connectivity index (χ4v) is 9.27. The monoisotopic (exact) mass is 865 g/mol. The average molecular weight is 866 g/mol. The fourth-order valence-electron chi connectivity index (χ4n) is 7.91. The van der Waals surface area contributed by atoms with Crippen molar-refractivity contribution in [1.82, 2.24) is 25.2 Å². The van der Waals surface area contributed by atoms with Crippen molar-refractivity contribution in [2.24, 2.45) is 17.8 Å². The Hall–Kier alpha value is -5.14. The van der Waals surface area contributed by atoms with Crippen LogP contribution in [0.25, 0.3) is 10.8 Å². The Morgan fingerprint density at radius 1 is 1.10 bits per heavy atom. The van der Waals surface area contributed by atoms with E-state index in [2.05, 4.69) is 20.3 Å². The highest BCUT2D eigenvalue weighted by molar-refractivity contribution is 7.91. The van der Waals surface area contributed by atoms with E-state index in [4.69, 9.17) is 14.2 Å². The molecule has 4 aliphatic rings. The predicted molar refractivity (Wildman–Crippen MR) is 208 cm³/mol. The van der Waals surface area contributed by atoms with Crippen LogP contribution in [0.4, 0.5) is 18.0 Å². The van der Waals surface area contributed by atoms with Crippen LogP contribution in [-0.4, -0.2) is 108 Å². The van der Waals surface area contributed by atoms with Gasteiger partial charge in [-0.3, -0.25) is 19.1 Å². The van der Waals surface area contributed by atoms with Crippen molar-refractivity contribution in [2.45, 2.75) is 120 Å². The molecule has 4 amide bonds. The number of benzene rings is 1. The summed E-state index contributed by atoms with van der Waals surface area (Å²) < 4.78 is 85.7. The summed E-state index contributed by atoms with van der Waals surface area (Å²) in [4.78, 5) is 73.9. The number of hydrogen-bond acceptors (Lipinski definition) is 11. The zero-order chi connectivity index (χ0) is 43.9. The summed E-state index contributed by atoms with van der Waals surface area (Å²) in [7, 11) is -2.62. The smallest absolute Gasteiger partial charge is 0.427 e. The molecule has 2 aliphatic carbocycles. The standard InChI is InChI=1S/C40H50F3N5O11S/c1-6-22-15-21(2)9-7-8-10-23-18-39(23,36(53)47-60(55,56)26-12-13-26)46-32(49)30-17-25(20-48(30)34(50)31(22)45-37(54)59-38(3,4)40(41,42)43)58-33-27-14-11-24(57-5)16-28(27)29(19-44-33)35(51)52/h8,10-11,14,16,19,21-23,25-26,30-31H,6-7,9,12-13,15,17-18,20H2,1-5H3,(H,45,54)(H,46,49)(H,47,53)(H,51,52)/t21-,22-,23-,25-,30+,31+,39-/m1/s1. The van der Waals surface area contributed by atoms with Crippen LogP contribution in [0.3, 0.4) is 0 Å². The molecule has 0 spiro atoms. The Morgan fingerprint density at radius 2 is 1.82 bits per heavy atom. The number of carboxylic acid groups (broad SMARTS) is 1. The van der Waals surface area contributed by atoms with E-state index in [0.29, 0.717) is 58.1 Å². The number of carboxylic acids is 1.